The van der Waals surface area contributed by atoms with Crippen LogP contribution in [0.3, 0.4) is 0 Å². The molecule has 3 aromatic carbocycles. The molecule has 0 spiro atoms. The number of aryl methyl sites for hydroxylation is 3. The molecule has 0 atom stereocenters. The highest BCUT2D eigenvalue weighted by atomic mass is 19.1. The molecule has 4 rings (SSSR count). The van der Waals surface area contributed by atoms with Crippen molar-refractivity contribution in [2.75, 3.05) is 0 Å². The zero-order chi connectivity index (χ0) is 22.3. The Morgan fingerprint density at radius 2 is 1.55 bits per heavy atom. The molecular formula is C29H31FN+. The fourth-order valence-corrected chi connectivity index (χ4v) is 4.52. The van der Waals surface area contributed by atoms with Crippen molar-refractivity contribution in [2.45, 2.75) is 41.0 Å². The largest absolute Gasteiger partial charge is 0.213 e. The fraction of sp³-hybridized carbons (Fsp3) is 0.276. The topological polar surface area (TPSA) is 3.88 Å². The maximum absolute atomic E-state index is 13.5. The molecule has 1 heterocycles. The zero-order valence-corrected chi connectivity index (χ0v) is 19.4. The third kappa shape index (κ3) is 4.25. The van der Waals surface area contributed by atoms with E-state index in [4.69, 9.17) is 0 Å². The second kappa shape index (κ2) is 8.26. The first kappa shape index (κ1) is 21.2. The standard InChI is InChI=1S/C29H31FN/c1-18(2)11-24-14-23-16-29(27-13-19(3)12-20(4)21(27)5)31(6)17-25(23)15-28(24)22-7-9-26(30)10-8-22/h7-10,12-18H,11H2,1-6H3/q+1. The van der Waals surface area contributed by atoms with Crippen molar-refractivity contribution in [3.63, 3.8) is 0 Å². The number of benzene rings is 3. The Balaban J connectivity index is 1.94. The molecule has 0 bridgehead atoms. The Hall–Kier alpha value is -3.00. The molecule has 0 fully saturated rings. The zero-order valence-electron chi connectivity index (χ0n) is 19.4. The average molecular weight is 413 g/mol. The van der Waals surface area contributed by atoms with Crippen LogP contribution in [0.5, 0.6) is 0 Å². The van der Waals surface area contributed by atoms with E-state index in [9.17, 15) is 4.39 Å². The summed E-state index contributed by atoms with van der Waals surface area (Å²) in [6.45, 7) is 11.0. The van der Waals surface area contributed by atoms with Crippen LogP contribution < -0.4 is 4.57 Å². The van der Waals surface area contributed by atoms with Gasteiger partial charge in [-0.3, -0.25) is 0 Å². The van der Waals surface area contributed by atoms with Crippen LogP contribution in [-0.2, 0) is 13.5 Å². The van der Waals surface area contributed by atoms with E-state index in [1.54, 1.807) is 12.1 Å². The van der Waals surface area contributed by atoms with Crippen LogP contribution in [0, 0.1) is 32.5 Å². The smallest absolute Gasteiger partial charge is 0.207 e. The van der Waals surface area contributed by atoms with Gasteiger partial charge in [0.15, 0.2) is 6.20 Å². The monoisotopic (exact) mass is 412 g/mol. The normalized spacial score (nSPS) is 11.5. The lowest BCUT2D eigenvalue weighted by Gasteiger charge is -2.15. The quantitative estimate of drug-likeness (QED) is 0.311. The predicted molar refractivity (Wildman–Crippen MR) is 129 cm³/mol. The highest BCUT2D eigenvalue weighted by Crippen LogP contribution is 2.33. The highest BCUT2D eigenvalue weighted by Gasteiger charge is 2.18. The van der Waals surface area contributed by atoms with Crippen LogP contribution in [0.2, 0.25) is 0 Å². The van der Waals surface area contributed by atoms with Gasteiger partial charge >= 0.3 is 0 Å². The summed E-state index contributed by atoms with van der Waals surface area (Å²) < 4.78 is 15.7. The first-order chi connectivity index (χ1) is 14.7. The van der Waals surface area contributed by atoms with Crippen LogP contribution in [-0.4, -0.2) is 0 Å². The van der Waals surface area contributed by atoms with Gasteiger partial charge in [0.25, 0.3) is 0 Å². The summed E-state index contributed by atoms with van der Waals surface area (Å²) in [5.74, 6) is 0.340. The van der Waals surface area contributed by atoms with Gasteiger partial charge in [-0.1, -0.05) is 43.7 Å². The summed E-state index contributed by atoms with van der Waals surface area (Å²) in [6.07, 6.45) is 3.20. The molecule has 0 saturated heterocycles. The van der Waals surface area contributed by atoms with E-state index in [1.165, 1.54) is 49.8 Å². The average Bonchev–Trinajstić information content (AvgIpc) is 2.70. The van der Waals surface area contributed by atoms with Crippen LogP contribution in [0.4, 0.5) is 4.39 Å². The fourth-order valence-electron chi connectivity index (χ4n) is 4.52. The number of hydrogen-bond acceptors (Lipinski definition) is 0. The van der Waals surface area contributed by atoms with Crippen LogP contribution >= 0.6 is 0 Å². The minimum absolute atomic E-state index is 0.199. The minimum Gasteiger partial charge on any atom is -0.207 e. The van der Waals surface area contributed by atoms with E-state index in [-0.39, 0.29) is 5.82 Å². The van der Waals surface area contributed by atoms with Crippen molar-refractivity contribution in [1.29, 1.82) is 0 Å². The minimum atomic E-state index is -0.199. The van der Waals surface area contributed by atoms with E-state index >= 15 is 0 Å². The maximum Gasteiger partial charge on any atom is 0.213 e. The van der Waals surface area contributed by atoms with Gasteiger partial charge in [0.1, 0.15) is 12.9 Å². The lowest BCUT2D eigenvalue weighted by Crippen LogP contribution is -2.30. The van der Waals surface area contributed by atoms with E-state index in [2.05, 4.69) is 82.8 Å². The van der Waals surface area contributed by atoms with Crippen molar-refractivity contribution in [2.24, 2.45) is 13.0 Å². The van der Waals surface area contributed by atoms with Gasteiger partial charge < -0.3 is 0 Å². The molecule has 0 unspecified atom stereocenters. The van der Waals surface area contributed by atoms with Crippen molar-refractivity contribution in [3.05, 3.63) is 88.9 Å². The van der Waals surface area contributed by atoms with Gasteiger partial charge in [0, 0.05) is 17.0 Å². The number of rotatable bonds is 4. The molecule has 0 radical (unpaired) electrons. The van der Waals surface area contributed by atoms with Crippen LogP contribution in [0.25, 0.3) is 33.2 Å². The summed E-state index contributed by atoms with van der Waals surface area (Å²) in [4.78, 5) is 0. The number of aromatic nitrogens is 1. The summed E-state index contributed by atoms with van der Waals surface area (Å²) >= 11 is 0. The van der Waals surface area contributed by atoms with E-state index in [0.29, 0.717) is 5.92 Å². The summed E-state index contributed by atoms with van der Waals surface area (Å²) in [5.41, 5.74) is 10.0. The lowest BCUT2D eigenvalue weighted by molar-refractivity contribution is -0.659. The van der Waals surface area contributed by atoms with Gasteiger partial charge in [-0.15, -0.1) is 0 Å². The van der Waals surface area contributed by atoms with Gasteiger partial charge in [0.2, 0.25) is 5.69 Å². The van der Waals surface area contributed by atoms with E-state index in [1.807, 2.05) is 12.1 Å². The van der Waals surface area contributed by atoms with Crippen LogP contribution in [0.15, 0.2) is 60.8 Å². The summed E-state index contributed by atoms with van der Waals surface area (Å²) in [6, 6.07) is 18.3. The predicted octanol–water partition coefficient (Wildman–Crippen LogP) is 7.26. The second-order valence-electron chi connectivity index (χ2n) is 9.27. The molecule has 158 valence electrons. The molecule has 0 N–H and O–H groups in total. The number of hydrogen-bond donors (Lipinski definition) is 0. The molecule has 2 heteroatoms. The lowest BCUT2D eigenvalue weighted by atomic mass is 9.90. The molecule has 0 saturated carbocycles. The molecule has 4 aromatic rings. The molecule has 31 heavy (non-hydrogen) atoms. The Morgan fingerprint density at radius 3 is 2.23 bits per heavy atom. The van der Waals surface area contributed by atoms with Crippen molar-refractivity contribution < 1.29 is 8.96 Å². The Morgan fingerprint density at radius 1 is 0.839 bits per heavy atom. The number of pyridine rings is 1. The molecular weight excluding hydrogens is 381 g/mol. The van der Waals surface area contributed by atoms with Crippen molar-refractivity contribution >= 4 is 10.8 Å². The summed E-state index contributed by atoms with van der Waals surface area (Å²) in [5, 5.41) is 2.44. The van der Waals surface area contributed by atoms with E-state index < -0.39 is 0 Å². The maximum atomic E-state index is 13.5. The molecule has 0 amide bonds. The summed E-state index contributed by atoms with van der Waals surface area (Å²) in [7, 11) is 2.12. The molecule has 1 nitrogen and oxygen atoms in total. The number of halogens is 1. The Kier molecular flexibility index (Phi) is 5.66. The van der Waals surface area contributed by atoms with Crippen LogP contribution in [0.1, 0.15) is 36.1 Å². The van der Waals surface area contributed by atoms with E-state index in [0.717, 1.165) is 12.0 Å². The number of nitrogens with zero attached hydrogens (tertiary/aromatic N) is 1. The molecule has 1 aromatic heterocycles. The second-order valence-corrected chi connectivity index (χ2v) is 9.27. The van der Waals surface area contributed by atoms with Gasteiger partial charge in [-0.25, -0.2) is 8.96 Å². The van der Waals surface area contributed by atoms with Crippen molar-refractivity contribution in [3.8, 4) is 22.4 Å². The SMILES string of the molecule is Cc1cc(C)c(C)c(-c2cc3cc(CC(C)C)c(-c4ccc(F)cc4)cc3c[n+]2C)c1. The number of fused-ring (bicyclic) bond motifs is 1. The molecule has 0 aliphatic carbocycles. The molecule has 0 aliphatic rings. The highest BCUT2D eigenvalue weighted by molar-refractivity contribution is 5.90. The first-order valence-corrected chi connectivity index (χ1v) is 11.0. The van der Waals surface area contributed by atoms with Crippen molar-refractivity contribution in [1.82, 2.24) is 0 Å². The first-order valence-electron chi connectivity index (χ1n) is 11.0. The third-order valence-corrected chi connectivity index (χ3v) is 6.18. The third-order valence-electron chi connectivity index (χ3n) is 6.18. The Labute approximate surface area is 185 Å². The van der Waals surface area contributed by atoms with Gasteiger partial charge in [-0.05, 0) is 90.6 Å². The Bertz CT molecular complexity index is 1270. The molecule has 0 aliphatic heterocycles. The van der Waals surface area contributed by atoms with Gasteiger partial charge in [0.05, 0.1) is 0 Å². The van der Waals surface area contributed by atoms with Gasteiger partial charge in [-0.2, -0.15) is 0 Å².